The van der Waals surface area contributed by atoms with Crippen LogP contribution in [0.4, 0.5) is 0 Å². The number of carbonyl (C=O) groups is 1. The van der Waals surface area contributed by atoms with Gasteiger partial charge in [0.05, 0.1) is 6.61 Å². The van der Waals surface area contributed by atoms with E-state index in [2.05, 4.69) is 13.8 Å². The van der Waals surface area contributed by atoms with Gasteiger partial charge < -0.3 is 18.9 Å². The van der Waals surface area contributed by atoms with Crippen molar-refractivity contribution in [2.75, 3.05) is 13.4 Å². The maximum absolute atomic E-state index is 12.0. The van der Waals surface area contributed by atoms with Gasteiger partial charge in [-0.1, -0.05) is 25.4 Å². The molecular weight excluding hydrogens is 320 g/mol. The quantitative estimate of drug-likeness (QED) is 0.707. The summed E-state index contributed by atoms with van der Waals surface area (Å²) in [5, 5.41) is 0.560. The van der Waals surface area contributed by atoms with E-state index in [-0.39, 0.29) is 13.4 Å². The van der Waals surface area contributed by atoms with E-state index in [0.717, 1.165) is 17.5 Å². The van der Waals surface area contributed by atoms with Gasteiger partial charge in [-0.05, 0) is 31.4 Å². The number of hydrogen-bond acceptors (Lipinski definition) is 5. The number of ether oxygens (including phenoxy) is 4. The molecule has 0 saturated heterocycles. The Morgan fingerprint density at radius 2 is 2.13 bits per heavy atom. The van der Waals surface area contributed by atoms with Crippen LogP contribution >= 0.6 is 11.6 Å². The molecule has 128 valence electrons. The fourth-order valence-electron chi connectivity index (χ4n) is 2.18. The van der Waals surface area contributed by atoms with Crippen LogP contribution in [-0.4, -0.2) is 25.5 Å². The molecule has 6 heteroatoms. The van der Waals surface area contributed by atoms with Gasteiger partial charge in [-0.3, -0.25) is 0 Å². The summed E-state index contributed by atoms with van der Waals surface area (Å²) in [6.07, 6.45) is 0.320. The van der Waals surface area contributed by atoms with E-state index in [1.54, 1.807) is 19.1 Å². The third-order valence-electron chi connectivity index (χ3n) is 3.52. The lowest BCUT2D eigenvalue weighted by Crippen LogP contribution is -2.24. The van der Waals surface area contributed by atoms with Crippen molar-refractivity contribution in [1.82, 2.24) is 0 Å². The summed E-state index contributed by atoms with van der Waals surface area (Å²) in [5.74, 6) is 0.826. The van der Waals surface area contributed by atoms with Crippen molar-refractivity contribution in [3.63, 3.8) is 0 Å². The van der Waals surface area contributed by atoms with Crippen molar-refractivity contribution in [1.29, 1.82) is 0 Å². The van der Waals surface area contributed by atoms with Gasteiger partial charge in [-0.2, -0.15) is 0 Å². The lowest BCUT2D eigenvalue weighted by atomic mass is 10.1. The molecule has 0 fully saturated rings. The predicted molar refractivity (Wildman–Crippen MR) is 86.4 cm³/mol. The van der Waals surface area contributed by atoms with Crippen molar-refractivity contribution >= 4 is 17.6 Å². The first kappa shape index (κ1) is 18.0. The first-order valence-corrected chi connectivity index (χ1v) is 8.15. The molecular formula is C17H23ClO5. The van der Waals surface area contributed by atoms with Crippen LogP contribution in [0.3, 0.4) is 0 Å². The lowest BCUT2D eigenvalue weighted by Gasteiger charge is -2.21. The number of hydrogen-bond donors (Lipinski definition) is 0. The molecule has 1 aliphatic rings. The van der Waals surface area contributed by atoms with Crippen LogP contribution in [0.2, 0.25) is 5.02 Å². The molecule has 0 amide bonds. The first-order chi connectivity index (χ1) is 11.0. The molecule has 1 aliphatic heterocycles. The molecule has 1 heterocycles. The van der Waals surface area contributed by atoms with Gasteiger partial charge in [0.2, 0.25) is 0 Å². The highest BCUT2D eigenvalue weighted by molar-refractivity contribution is 6.30. The van der Waals surface area contributed by atoms with Crippen LogP contribution < -0.4 is 4.74 Å². The molecule has 0 N–H and O–H groups in total. The Bertz CT molecular complexity index is 544. The van der Waals surface area contributed by atoms with Crippen LogP contribution in [-0.2, 0) is 32.2 Å². The zero-order valence-electron chi connectivity index (χ0n) is 13.8. The maximum atomic E-state index is 12.0. The van der Waals surface area contributed by atoms with E-state index in [1.165, 1.54) is 0 Å². The topological polar surface area (TPSA) is 54.0 Å². The molecule has 2 rings (SSSR count). The fourth-order valence-corrected chi connectivity index (χ4v) is 2.44. The standard InChI is InChI=1S/C17H23ClO5/c1-11(2)4-5-21-12(3)17(19)22-9-14-7-15(18)6-13-8-20-10-23-16(13)14/h6-7,11-12H,4-5,8-10H2,1-3H3. The van der Waals surface area contributed by atoms with Gasteiger partial charge >= 0.3 is 5.97 Å². The van der Waals surface area contributed by atoms with Gasteiger partial charge in [0.25, 0.3) is 0 Å². The van der Waals surface area contributed by atoms with Gasteiger partial charge in [-0.15, -0.1) is 0 Å². The zero-order chi connectivity index (χ0) is 16.8. The van der Waals surface area contributed by atoms with E-state index >= 15 is 0 Å². The molecule has 0 radical (unpaired) electrons. The summed E-state index contributed by atoms with van der Waals surface area (Å²) in [6.45, 7) is 7.17. The molecule has 23 heavy (non-hydrogen) atoms. The summed E-state index contributed by atoms with van der Waals surface area (Å²) < 4.78 is 21.5. The molecule has 1 aromatic carbocycles. The summed E-state index contributed by atoms with van der Waals surface area (Å²) in [4.78, 5) is 12.0. The lowest BCUT2D eigenvalue weighted by molar-refractivity contribution is -0.157. The smallest absolute Gasteiger partial charge is 0.335 e. The van der Waals surface area contributed by atoms with Crippen LogP contribution in [0.25, 0.3) is 0 Å². The van der Waals surface area contributed by atoms with Crippen molar-refractivity contribution in [3.05, 3.63) is 28.3 Å². The molecule has 5 nitrogen and oxygen atoms in total. The summed E-state index contributed by atoms with van der Waals surface area (Å²) in [7, 11) is 0. The maximum Gasteiger partial charge on any atom is 0.335 e. The van der Waals surface area contributed by atoms with Crippen LogP contribution in [0, 0.1) is 5.92 Å². The third-order valence-corrected chi connectivity index (χ3v) is 3.73. The minimum Gasteiger partial charge on any atom is -0.467 e. The second kappa shape index (κ2) is 8.52. The molecule has 0 aliphatic carbocycles. The van der Waals surface area contributed by atoms with E-state index in [1.807, 2.05) is 0 Å². The normalized spacial score (nSPS) is 15.0. The summed E-state index contributed by atoms with van der Waals surface area (Å²) in [5.41, 5.74) is 1.59. The second-order valence-electron chi connectivity index (χ2n) is 5.97. The van der Waals surface area contributed by atoms with E-state index in [9.17, 15) is 4.79 Å². The van der Waals surface area contributed by atoms with E-state index in [0.29, 0.717) is 29.9 Å². The number of fused-ring (bicyclic) bond motifs is 1. The minimum atomic E-state index is -0.590. The molecule has 1 unspecified atom stereocenters. The second-order valence-corrected chi connectivity index (χ2v) is 6.40. The molecule has 1 aromatic rings. The predicted octanol–water partition coefficient (Wildman–Crippen LogP) is 3.70. The highest BCUT2D eigenvalue weighted by Crippen LogP contribution is 2.32. The molecule has 0 saturated carbocycles. The molecule has 1 atom stereocenters. The zero-order valence-corrected chi connectivity index (χ0v) is 14.5. The van der Waals surface area contributed by atoms with Crippen LogP contribution in [0.5, 0.6) is 5.75 Å². The van der Waals surface area contributed by atoms with Crippen LogP contribution in [0.1, 0.15) is 38.3 Å². The van der Waals surface area contributed by atoms with Crippen LogP contribution in [0.15, 0.2) is 12.1 Å². The Labute approximate surface area is 141 Å². The molecule has 0 spiro atoms. The van der Waals surface area contributed by atoms with E-state index < -0.39 is 12.1 Å². The van der Waals surface area contributed by atoms with Crippen molar-refractivity contribution in [2.45, 2.75) is 46.5 Å². The Morgan fingerprint density at radius 3 is 2.87 bits per heavy atom. The average Bonchev–Trinajstić information content (AvgIpc) is 2.51. The third kappa shape index (κ3) is 5.37. The average molecular weight is 343 g/mol. The van der Waals surface area contributed by atoms with Gasteiger partial charge in [0, 0.05) is 22.8 Å². The Morgan fingerprint density at radius 1 is 1.35 bits per heavy atom. The number of benzene rings is 1. The highest BCUT2D eigenvalue weighted by Gasteiger charge is 2.20. The fraction of sp³-hybridized carbons (Fsp3) is 0.588. The van der Waals surface area contributed by atoms with Gasteiger partial charge in [0.1, 0.15) is 12.4 Å². The number of halogens is 1. The van der Waals surface area contributed by atoms with Crippen molar-refractivity contribution < 1.29 is 23.7 Å². The Balaban J connectivity index is 1.90. The molecule has 0 bridgehead atoms. The SMILES string of the molecule is CC(C)CCOC(C)C(=O)OCc1cc(Cl)cc2c1OCOC2. The number of rotatable bonds is 7. The Kier molecular flexibility index (Phi) is 6.69. The van der Waals surface area contributed by atoms with Crippen molar-refractivity contribution in [3.8, 4) is 5.75 Å². The number of carbonyl (C=O) groups excluding carboxylic acids is 1. The largest absolute Gasteiger partial charge is 0.467 e. The monoisotopic (exact) mass is 342 g/mol. The Hall–Kier alpha value is -1.30. The summed E-state index contributed by atoms with van der Waals surface area (Å²) >= 11 is 6.08. The number of esters is 1. The first-order valence-electron chi connectivity index (χ1n) is 7.77. The van der Waals surface area contributed by atoms with Gasteiger partial charge in [-0.25, -0.2) is 4.79 Å². The highest BCUT2D eigenvalue weighted by atomic mass is 35.5. The molecule has 0 aromatic heterocycles. The van der Waals surface area contributed by atoms with E-state index in [4.69, 9.17) is 30.5 Å². The van der Waals surface area contributed by atoms with Gasteiger partial charge in [0.15, 0.2) is 12.9 Å². The summed E-state index contributed by atoms with van der Waals surface area (Å²) in [6, 6.07) is 3.53. The minimum absolute atomic E-state index is 0.0968. The van der Waals surface area contributed by atoms with Crippen molar-refractivity contribution in [2.24, 2.45) is 5.92 Å².